The zero-order chi connectivity index (χ0) is 13.4. The molecule has 104 valence electrons. The van der Waals surface area contributed by atoms with Gasteiger partial charge in [0.25, 0.3) is 0 Å². The Morgan fingerprint density at radius 2 is 2.22 bits per heavy atom. The molecule has 0 fully saturated rings. The van der Waals surface area contributed by atoms with Crippen molar-refractivity contribution in [3.63, 3.8) is 0 Å². The van der Waals surface area contributed by atoms with Crippen LogP contribution in [0.25, 0.3) is 0 Å². The Balaban J connectivity index is 2.60. The molecule has 0 saturated heterocycles. The molecule has 18 heavy (non-hydrogen) atoms. The third kappa shape index (κ3) is 4.44. The third-order valence-corrected chi connectivity index (χ3v) is 3.18. The zero-order valence-corrected chi connectivity index (χ0v) is 12.0. The maximum atomic E-state index is 5.53. The summed E-state index contributed by atoms with van der Waals surface area (Å²) in [6, 6.07) is 2.48. The first-order valence-electron chi connectivity index (χ1n) is 6.71. The van der Waals surface area contributed by atoms with Crippen LogP contribution in [0.3, 0.4) is 0 Å². The number of nitrogens with one attached hydrogen (secondary N) is 1. The fraction of sp³-hybridized carbons (Fsp3) is 0.714. The topological polar surface area (TPSA) is 37.6 Å². The second kappa shape index (κ2) is 8.29. The second-order valence-electron chi connectivity index (χ2n) is 4.52. The normalized spacial score (nSPS) is 13.2. The van der Waals surface area contributed by atoms with E-state index in [1.807, 2.05) is 0 Å². The quantitative estimate of drug-likeness (QED) is 0.733. The van der Waals surface area contributed by atoms with Gasteiger partial charge < -0.3 is 14.5 Å². The van der Waals surface area contributed by atoms with Gasteiger partial charge in [-0.05, 0) is 26.1 Å². The lowest BCUT2D eigenvalue weighted by molar-refractivity contribution is 0.0978. The fourth-order valence-electron chi connectivity index (χ4n) is 2.05. The highest BCUT2D eigenvalue weighted by Gasteiger charge is 2.15. The standard InChI is InChI=1S/C14H26N2O2/c1-5-15-9-14-13(7-8-18-14)10-16(6-2)12(3)11-17-4/h7-8,12,15H,5-6,9-11H2,1-4H3. The molecule has 0 aliphatic rings. The number of ether oxygens (including phenoxy) is 1. The predicted molar refractivity (Wildman–Crippen MR) is 73.5 cm³/mol. The van der Waals surface area contributed by atoms with Gasteiger partial charge in [-0.15, -0.1) is 0 Å². The number of nitrogens with zero attached hydrogens (tertiary/aromatic N) is 1. The van der Waals surface area contributed by atoms with E-state index in [2.05, 4.69) is 37.1 Å². The minimum atomic E-state index is 0.418. The Labute approximate surface area is 110 Å². The Morgan fingerprint density at radius 1 is 1.44 bits per heavy atom. The van der Waals surface area contributed by atoms with Crippen molar-refractivity contribution < 1.29 is 9.15 Å². The highest BCUT2D eigenvalue weighted by molar-refractivity contribution is 5.17. The van der Waals surface area contributed by atoms with E-state index in [0.717, 1.165) is 38.5 Å². The van der Waals surface area contributed by atoms with E-state index in [1.54, 1.807) is 13.4 Å². The number of rotatable bonds is 9. The van der Waals surface area contributed by atoms with Crippen LogP contribution < -0.4 is 5.32 Å². The summed E-state index contributed by atoms with van der Waals surface area (Å²) < 4.78 is 10.8. The maximum Gasteiger partial charge on any atom is 0.122 e. The van der Waals surface area contributed by atoms with Crippen molar-refractivity contribution in [3.05, 3.63) is 23.7 Å². The van der Waals surface area contributed by atoms with E-state index < -0.39 is 0 Å². The van der Waals surface area contributed by atoms with E-state index in [4.69, 9.17) is 9.15 Å². The van der Waals surface area contributed by atoms with Crippen LogP contribution in [-0.2, 0) is 17.8 Å². The first-order valence-corrected chi connectivity index (χ1v) is 6.71. The molecule has 1 unspecified atom stereocenters. The smallest absolute Gasteiger partial charge is 0.122 e. The lowest BCUT2D eigenvalue weighted by Gasteiger charge is -2.27. The van der Waals surface area contributed by atoms with Crippen LogP contribution in [0.15, 0.2) is 16.7 Å². The van der Waals surface area contributed by atoms with Crippen molar-refractivity contribution in [1.82, 2.24) is 10.2 Å². The summed E-state index contributed by atoms with van der Waals surface area (Å²) in [4.78, 5) is 2.39. The van der Waals surface area contributed by atoms with Crippen molar-refractivity contribution in [3.8, 4) is 0 Å². The highest BCUT2D eigenvalue weighted by atomic mass is 16.5. The lowest BCUT2D eigenvalue weighted by Crippen LogP contribution is -2.35. The number of likely N-dealkylation sites (N-methyl/N-ethyl adjacent to an activating group) is 1. The summed E-state index contributed by atoms with van der Waals surface area (Å²) in [6.45, 7) is 10.9. The molecule has 0 amide bonds. The number of hydrogen-bond donors (Lipinski definition) is 1. The second-order valence-corrected chi connectivity index (χ2v) is 4.52. The van der Waals surface area contributed by atoms with Crippen molar-refractivity contribution in [1.29, 1.82) is 0 Å². The average molecular weight is 254 g/mol. The summed E-state index contributed by atoms with van der Waals surface area (Å²) in [5.41, 5.74) is 1.26. The van der Waals surface area contributed by atoms with Gasteiger partial charge in [-0.2, -0.15) is 0 Å². The van der Waals surface area contributed by atoms with E-state index in [9.17, 15) is 0 Å². The van der Waals surface area contributed by atoms with Gasteiger partial charge in [-0.25, -0.2) is 0 Å². The van der Waals surface area contributed by atoms with E-state index in [1.165, 1.54) is 5.56 Å². The van der Waals surface area contributed by atoms with Crippen LogP contribution in [-0.4, -0.2) is 37.7 Å². The van der Waals surface area contributed by atoms with Crippen molar-refractivity contribution in [2.45, 2.75) is 39.9 Å². The van der Waals surface area contributed by atoms with Crippen molar-refractivity contribution in [2.75, 3.05) is 26.8 Å². The van der Waals surface area contributed by atoms with Gasteiger partial charge in [0.15, 0.2) is 0 Å². The molecule has 4 heteroatoms. The summed E-state index contributed by atoms with van der Waals surface area (Å²) in [5, 5.41) is 3.30. The minimum Gasteiger partial charge on any atom is -0.468 e. The third-order valence-electron chi connectivity index (χ3n) is 3.18. The molecular weight excluding hydrogens is 228 g/mol. The number of hydrogen-bond acceptors (Lipinski definition) is 4. The van der Waals surface area contributed by atoms with E-state index in [0.29, 0.717) is 6.04 Å². The summed E-state index contributed by atoms with van der Waals surface area (Å²) >= 11 is 0. The van der Waals surface area contributed by atoms with E-state index >= 15 is 0 Å². The molecule has 1 N–H and O–H groups in total. The molecule has 1 aromatic rings. The largest absolute Gasteiger partial charge is 0.468 e. The maximum absolute atomic E-state index is 5.53. The molecule has 0 aliphatic carbocycles. The SMILES string of the molecule is CCNCc1occc1CN(CC)C(C)COC. The molecule has 0 bridgehead atoms. The molecule has 0 aromatic carbocycles. The van der Waals surface area contributed by atoms with Crippen LogP contribution in [0, 0.1) is 0 Å². The van der Waals surface area contributed by atoms with Gasteiger partial charge in [0.1, 0.15) is 5.76 Å². The van der Waals surface area contributed by atoms with Gasteiger partial charge >= 0.3 is 0 Å². The number of methoxy groups -OCH3 is 1. The highest BCUT2D eigenvalue weighted by Crippen LogP contribution is 2.15. The van der Waals surface area contributed by atoms with Crippen molar-refractivity contribution in [2.24, 2.45) is 0 Å². The van der Waals surface area contributed by atoms with Crippen LogP contribution in [0.4, 0.5) is 0 Å². The Hall–Kier alpha value is -0.840. The van der Waals surface area contributed by atoms with Crippen LogP contribution >= 0.6 is 0 Å². The molecule has 4 nitrogen and oxygen atoms in total. The van der Waals surface area contributed by atoms with Gasteiger partial charge in [-0.1, -0.05) is 13.8 Å². The van der Waals surface area contributed by atoms with Gasteiger partial charge in [0.05, 0.1) is 19.4 Å². The molecule has 0 saturated carbocycles. The zero-order valence-electron chi connectivity index (χ0n) is 12.0. The first-order chi connectivity index (χ1) is 8.72. The average Bonchev–Trinajstić information content (AvgIpc) is 2.80. The minimum absolute atomic E-state index is 0.418. The first kappa shape index (κ1) is 15.2. The number of furan rings is 1. The summed E-state index contributed by atoms with van der Waals surface area (Å²) in [5.74, 6) is 1.04. The van der Waals surface area contributed by atoms with Gasteiger partial charge in [-0.3, -0.25) is 4.90 Å². The van der Waals surface area contributed by atoms with Gasteiger partial charge in [0, 0.05) is 25.3 Å². The van der Waals surface area contributed by atoms with Crippen molar-refractivity contribution >= 4 is 0 Å². The molecule has 1 rings (SSSR count). The van der Waals surface area contributed by atoms with E-state index in [-0.39, 0.29) is 0 Å². The molecular formula is C14H26N2O2. The molecule has 0 spiro atoms. The predicted octanol–water partition coefficient (Wildman–Crippen LogP) is 2.25. The molecule has 1 atom stereocenters. The Morgan fingerprint density at radius 3 is 2.83 bits per heavy atom. The monoisotopic (exact) mass is 254 g/mol. The molecule has 1 heterocycles. The molecule has 0 aliphatic heterocycles. The van der Waals surface area contributed by atoms with Crippen LogP contribution in [0.1, 0.15) is 32.1 Å². The Bertz CT molecular complexity index is 325. The lowest BCUT2D eigenvalue weighted by atomic mass is 10.2. The fourth-order valence-corrected chi connectivity index (χ4v) is 2.05. The van der Waals surface area contributed by atoms with Crippen LogP contribution in [0.5, 0.6) is 0 Å². The summed E-state index contributed by atoms with van der Waals surface area (Å²) in [7, 11) is 1.75. The molecule has 0 radical (unpaired) electrons. The molecule has 1 aromatic heterocycles. The van der Waals surface area contributed by atoms with Gasteiger partial charge in [0.2, 0.25) is 0 Å². The Kier molecular flexibility index (Phi) is 7.01. The summed E-state index contributed by atoms with van der Waals surface area (Å²) in [6.07, 6.45) is 1.77. The van der Waals surface area contributed by atoms with Crippen LogP contribution in [0.2, 0.25) is 0 Å².